The fourth-order valence-corrected chi connectivity index (χ4v) is 6.71. The van der Waals surface area contributed by atoms with Crippen LogP contribution in [-0.4, -0.2) is 49.3 Å². The van der Waals surface area contributed by atoms with E-state index in [1.807, 2.05) is 49.6 Å². The van der Waals surface area contributed by atoms with Gasteiger partial charge in [0.05, 0.1) is 32.3 Å². The molecule has 0 aliphatic heterocycles. The van der Waals surface area contributed by atoms with Crippen molar-refractivity contribution < 1.29 is 28.6 Å². The summed E-state index contributed by atoms with van der Waals surface area (Å²) in [6, 6.07) is 27.1. The highest BCUT2D eigenvalue weighted by atomic mass is 32.2. The molecule has 0 radical (unpaired) electrons. The zero-order valence-electron chi connectivity index (χ0n) is 28.8. The number of aromatic nitrogens is 1. The van der Waals surface area contributed by atoms with Crippen molar-refractivity contribution in [3.05, 3.63) is 119 Å². The standard InChI is InChI=1S/C39H38N4O6S2/c1-6-35(38(46)43-39-42-31(23-50-39)25-17-15-24(2)16-18-25)51-29-14-10-13-28(21-29)40-37(45)30(41-36(44)26-11-8-7-9-12-26)19-27-20-33(48-4)34(49-5)22-32(27)47-3/h7-23,35H,6H2,1-5H3,(H,40,45)(H,41,44)(H,42,43,46)/b30-19+. The third-order valence-corrected chi connectivity index (χ3v) is 9.80. The predicted octanol–water partition coefficient (Wildman–Crippen LogP) is 8.06. The number of amides is 3. The molecule has 262 valence electrons. The summed E-state index contributed by atoms with van der Waals surface area (Å²) >= 11 is 2.76. The Morgan fingerprint density at radius 3 is 2.24 bits per heavy atom. The van der Waals surface area contributed by atoms with E-state index >= 15 is 0 Å². The maximum Gasteiger partial charge on any atom is 0.272 e. The van der Waals surface area contributed by atoms with Crippen LogP contribution in [0.25, 0.3) is 17.3 Å². The highest BCUT2D eigenvalue weighted by molar-refractivity contribution is 8.00. The molecule has 12 heteroatoms. The van der Waals surface area contributed by atoms with E-state index in [1.165, 1.54) is 50.5 Å². The minimum absolute atomic E-state index is 0.0355. The number of aryl methyl sites for hydroxylation is 1. The number of benzene rings is 4. The Labute approximate surface area is 305 Å². The second-order valence-corrected chi connectivity index (χ2v) is 13.4. The first-order valence-electron chi connectivity index (χ1n) is 16.0. The third-order valence-electron chi connectivity index (χ3n) is 7.68. The molecule has 1 heterocycles. The van der Waals surface area contributed by atoms with E-state index in [0.29, 0.717) is 45.6 Å². The Bertz CT molecular complexity index is 2030. The molecule has 10 nitrogen and oxygen atoms in total. The molecule has 3 amide bonds. The maximum absolute atomic E-state index is 13.8. The highest BCUT2D eigenvalue weighted by Crippen LogP contribution is 2.36. The van der Waals surface area contributed by atoms with Gasteiger partial charge in [0.25, 0.3) is 11.8 Å². The fraction of sp³-hybridized carbons (Fsp3) is 0.179. The molecule has 0 aliphatic carbocycles. The van der Waals surface area contributed by atoms with Gasteiger partial charge in [0.1, 0.15) is 11.4 Å². The van der Waals surface area contributed by atoms with Crippen molar-refractivity contribution in [2.75, 3.05) is 32.0 Å². The summed E-state index contributed by atoms with van der Waals surface area (Å²) in [7, 11) is 4.51. The van der Waals surface area contributed by atoms with Crippen molar-refractivity contribution in [2.24, 2.45) is 0 Å². The van der Waals surface area contributed by atoms with E-state index in [1.54, 1.807) is 60.7 Å². The number of hydrogen-bond acceptors (Lipinski definition) is 9. The molecule has 0 spiro atoms. The molecular formula is C39H38N4O6S2. The van der Waals surface area contributed by atoms with Gasteiger partial charge in [-0.15, -0.1) is 23.1 Å². The molecule has 4 aromatic carbocycles. The Morgan fingerprint density at radius 1 is 0.843 bits per heavy atom. The molecule has 0 saturated heterocycles. The SMILES string of the molecule is CCC(Sc1cccc(NC(=O)/C(=C\c2cc(OC)c(OC)cc2OC)NC(=O)c2ccccc2)c1)C(=O)Nc1nc(-c2ccc(C)cc2)cs1. The first-order valence-corrected chi connectivity index (χ1v) is 17.8. The number of nitrogens with one attached hydrogen (secondary N) is 3. The number of thioether (sulfide) groups is 1. The predicted molar refractivity (Wildman–Crippen MR) is 204 cm³/mol. The van der Waals surface area contributed by atoms with E-state index in [0.717, 1.165) is 21.7 Å². The van der Waals surface area contributed by atoms with Crippen LogP contribution in [0.5, 0.6) is 17.2 Å². The summed E-state index contributed by atoms with van der Waals surface area (Å²) in [5.41, 5.74) is 4.24. The summed E-state index contributed by atoms with van der Waals surface area (Å²) in [5, 5.41) is 10.6. The topological polar surface area (TPSA) is 128 Å². The number of carbonyl (C=O) groups excluding carboxylic acids is 3. The summed E-state index contributed by atoms with van der Waals surface area (Å²) in [6.07, 6.45) is 2.07. The van der Waals surface area contributed by atoms with Crippen LogP contribution in [0.3, 0.4) is 0 Å². The molecule has 1 atom stereocenters. The number of thiazole rings is 1. The van der Waals surface area contributed by atoms with Crippen LogP contribution in [-0.2, 0) is 9.59 Å². The van der Waals surface area contributed by atoms with E-state index in [9.17, 15) is 14.4 Å². The molecular weight excluding hydrogens is 685 g/mol. The van der Waals surface area contributed by atoms with Crippen LogP contribution < -0.4 is 30.2 Å². The van der Waals surface area contributed by atoms with E-state index in [2.05, 4.69) is 20.9 Å². The number of anilines is 2. The van der Waals surface area contributed by atoms with Gasteiger partial charge in [-0.25, -0.2) is 4.98 Å². The van der Waals surface area contributed by atoms with Crippen molar-refractivity contribution in [2.45, 2.75) is 30.4 Å². The molecule has 1 aromatic heterocycles. The number of rotatable bonds is 14. The monoisotopic (exact) mass is 722 g/mol. The third kappa shape index (κ3) is 9.56. The van der Waals surface area contributed by atoms with Crippen LogP contribution in [0.15, 0.2) is 107 Å². The molecule has 0 fully saturated rings. The van der Waals surface area contributed by atoms with Gasteiger partial charge in [-0.1, -0.05) is 61.0 Å². The maximum atomic E-state index is 13.8. The first kappa shape index (κ1) is 36.7. The number of hydrogen-bond donors (Lipinski definition) is 3. The van der Waals surface area contributed by atoms with E-state index < -0.39 is 17.1 Å². The Morgan fingerprint density at radius 2 is 1.55 bits per heavy atom. The first-order chi connectivity index (χ1) is 24.7. The molecule has 5 rings (SSSR count). The van der Waals surface area contributed by atoms with Crippen molar-refractivity contribution in [1.29, 1.82) is 0 Å². The van der Waals surface area contributed by atoms with Gasteiger partial charge < -0.3 is 30.2 Å². The van der Waals surface area contributed by atoms with Gasteiger partial charge in [-0.2, -0.15) is 0 Å². The average Bonchev–Trinajstić information content (AvgIpc) is 3.62. The number of methoxy groups -OCH3 is 3. The zero-order valence-corrected chi connectivity index (χ0v) is 30.4. The largest absolute Gasteiger partial charge is 0.496 e. The van der Waals surface area contributed by atoms with Gasteiger partial charge in [-0.05, 0) is 55.8 Å². The molecule has 5 aromatic rings. The lowest BCUT2D eigenvalue weighted by Gasteiger charge is -2.16. The minimum Gasteiger partial charge on any atom is -0.496 e. The van der Waals surface area contributed by atoms with E-state index in [-0.39, 0.29) is 11.6 Å². The average molecular weight is 723 g/mol. The van der Waals surface area contributed by atoms with Crippen LogP contribution in [0.2, 0.25) is 0 Å². The molecule has 0 bridgehead atoms. The Kier molecular flexibility index (Phi) is 12.5. The summed E-state index contributed by atoms with van der Waals surface area (Å²) in [4.78, 5) is 45.7. The molecule has 1 unspecified atom stereocenters. The van der Waals surface area contributed by atoms with Crippen molar-refractivity contribution in [1.82, 2.24) is 10.3 Å². The molecule has 51 heavy (non-hydrogen) atoms. The molecule has 3 N–H and O–H groups in total. The lowest BCUT2D eigenvalue weighted by atomic mass is 10.1. The summed E-state index contributed by atoms with van der Waals surface area (Å²) in [5.74, 6) is 0.0510. The fourth-order valence-electron chi connectivity index (χ4n) is 4.97. The van der Waals surface area contributed by atoms with Crippen LogP contribution in [0, 0.1) is 6.92 Å². The Balaban J connectivity index is 1.34. The molecule has 0 aliphatic rings. The van der Waals surface area contributed by atoms with Gasteiger partial charge in [0.15, 0.2) is 16.6 Å². The second kappa shape index (κ2) is 17.4. The lowest BCUT2D eigenvalue weighted by molar-refractivity contribution is -0.116. The van der Waals surface area contributed by atoms with Crippen LogP contribution in [0.1, 0.15) is 34.8 Å². The van der Waals surface area contributed by atoms with Crippen molar-refractivity contribution in [3.8, 4) is 28.5 Å². The van der Waals surface area contributed by atoms with Crippen LogP contribution >= 0.6 is 23.1 Å². The second-order valence-electron chi connectivity index (χ2n) is 11.2. The highest BCUT2D eigenvalue weighted by Gasteiger charge is 2.21. The van der Waals surface area contributed by atoms with Crippen molar-refractivity contribution in [3.63, 3.8) is 0 Å². The summed E-state index contributed by atoms with van der Waals surface area (Å²) in [6.45, 7) is 3.97. The van der Waals surface area contributed by atoms with Crippen molar-refractivity contribution >= 4 is 57.7 Å². The van der Waals surface area contributed by atoms with Gasteiger partial charge in [-0.3, -0.25) is 14.4 Å². The minimum atomic E-state index is -0.573. The number of nitrogens with zero attached hydrogens (tertiary/aromatic N) is 1. The normalized spacial score (nSPS) is 11.7. The van der Waals surface area contributed by atoms with Crippen LogP contribution in [0.4, 0.5) is 10.8 Å². The zero-order chi connectivity index (χ0) is 36.3. The van der Waals surface area contributed by atoms with Gasteiger partial charge in [0, 0.05) is 38.7 Å². The quantitative estimate of drug-likeness (QED) is 0.0776. The number of carbonyl (C=O) groups is 3. The summed E-state index contributed by atoms with van der Waals surface area (Å²) < 4.78 is 16.4. The number of ether oxygens (including phenoxy) is 3. The smallest absolute Gasteiger partial charge is 0.272 e. The van der Waals surface area contributed by atoms with Gasteiger partial charge in [0.2, 0.25) is 5.91 Å². The Hall–Kier alpha value is -5.59. The molecule has 0 saturated carbocycles. The van der Waals surface area contributed by atoms with E-state index in [4.69, 9.17) is 14.2 Å². The lowest BCUT2D eigenvalue weighted by Crippen LogP contribution is -2.30. The van der Waals surface area contributed by atoms with Gasteiger partial charge >= 0.3 is 0 Å².